The maximum Gasteiger partial charge on any atom is 0.291 e. The largest absolute Gasteiger partial charge is 0.496 e. The maximum absolute atomic E-state index is 11.9. The van der Waals surface area contributed by atoms with Gasteiger partial charge in [-0.2, -0.15) is 0 Å². The third-order valence-electron chi connectivity index (χ3n) is 3.56. The lowest BCUT2D eigenvalue weighted by molar-refractivity contribution is 0.0996. The highest BCUT2D eigenvalue weighted by Crippen LogP contribution is 2.20. The van der Waals surface area contributed by atoms with Gasteiger partial charge in [-0.05, 0) is 42.5 Å². The van der Waals surface area contributed by atoms with Gasteiger partial charge in [-0.25, -0.2) is 0 Å². The molecule has 1 heterocycles. The monoisotopic (exact) mass is 322 g/mol. The van der Waals surface area contributed by atoms with E-state index in [9.17, 15) is 4.79 Å². The van der Waals surface area contributed by atoms with Gasteiger partial charge in [0.25, 0.3) is 5.91 Å². The number of benzene rings is 2. The summed E-state index contributed by atoms with van der Waals surface area (Å²) < 4.78 is 10.4. The van der Waals surface area contributed by atoms with Crippen molar-refractivity contribution in [1.82, 2.24) is 0 Å². The summed E-state index contributed by atoms with van der Waals surface area (Å²) in [7, 11) is 1.66. The topological polar surface area (TPSA) is 63.5 Å². The highest BCUT2D eigenvalue weighted by atomic mass is 16.5. The second-order valence-electron chi connectivity index (χ2n) is 5.17. The van der Waals surface area contributed by atoms with Crippen LogP contribution in [0.15, 0.2) is 71.3 Å². The van der Waals surface area contributed by atoms with Gasteiger partial charge in [-0.3, -0.25) is 4.79 Å². The molecular formula is C19H18N2O3. The second kappa shape index (κ2) is 7.37. The first-order valence-corrected chi connectivity index (χ1v) is 7.57. The van der Waals surface area contributed by atoms with E-state index in [-0.39, 0.29) is 11.7 Å². The molecular weight excluding hydrogens is 304 g/mol. The summed E-state index contributed by atoms with van der Waals surface area (Å²) in [5.74, 6) is 0.871. The molecule has 0 radical (unpaired) electrons. The number of rotatable bonds is 6. The van der Waals surface area contributed by atoms with Crippen LogP contribution in [0.25, 0.3) is 0 Å². The van der Waals surface area contributed by atoms with E-state index >= 15 is 0 Å². The summed E-state index contributed by atoms with van der Waals surface area (Å²) in [6.45, 7) is 0.655. The second-order valence-corrected chi connectivity index (χ2v) is 5.17. The molecule has 2 N–H and O–H groups in total. The third kappa shape index (κ3) is 3.76. The number of hydrogen-bond acceptors (Lipinski definition) is 4. The SMILES string of the molecule is COc1ccccc1CNc1ccc(NC(=O)c2ccco2)cc1. The van der Waals surface area contributed by atoms with Crippen molar-refractivity contribution >= 4 is 17.3 Å². The Morgan fingerprint density at radius 1 is 1.00 bits per heavy atom. The Labute approximate surface area is 140 Å². The molecule has 5 nitrogen and oxygen atoms in total. The van der Waals surface area contributed by atoms with Crippen LogP contribution in [0.1, 0.15) is 16.1 Å². The molecule has 0 saturated heterocycles. The first-order chi connectivity index (χ1) is 11.8. The number of anilines is 2. The lowest BCUT2D eigenvalue weighted by Crippen LogP contribution is -2.10. The number of ether oxygens (including phenoxy) is 1. The fourth-order valence-electron chi connectivity index (χ4n) is 2.32. The number of hydrogen-bond donors (Lipinski definition) is 2. The lowest BCUT2D eigenvalue weighted by atomic mass is 10.2. The number of methoxy groups -OCH3 is 1. The quantitative estimate of drug-likeness (QED) is 0.715. The van der Waals surface area contributed by atoms with Gasteiger partial charge in [0.1, 0.15) is 5.75 Å². The van der Waals surface area contributed by atoms with Crippen LogP contribution in [-0.2, 0) is 6.54 Å². The molecule has 3 aromatic rings. The minimum absolute atomic E-state index is 0.269. The van der Waals surface area contributed by atoms with E-state index in [1.807, 2.05) is 48.5 Å². The van der Waals surface area contributed by atoms with Crippen molar-refractivity contribution in [2.45, 2.75) is 6.54 Å². The van der Waals surface area contributed by atoms with E-state index in [2.05, 4.69) is 10.6 Å². The van der Waals surface area contributed by atoms with Crippen LogP contribution in [0.3, 0.4) is 0 Å². The summed E-state index contributed by atoms with van der Waals surface area (Å²) in [5.41, 5.74) is 2.74. The number of furan rings is 1. The van der Waals surface area contributed by atoms with E-state index in [0.717, 1.165) is 17.0 Å². The Bertz CT molecular complexity index is 796. The Balaban J connectivity index is 1.59. The summed E-state index contributed by atoms with van der Waals surface area (Å²) in [4.78, 5) is 11.9. The van der Waals surface area contributed by atoms with Crippen LogP contribution in [-0.4, -0.2) is 13.0 Å². The molecule has 2 aromatic carbocycles. The van der Waals surface area contributed by atoms with Crippen molar-refractivity contribution in [2.75, 3.05) is 17.7 Å². The summed E-state index contributed by atoms with van der Waals surface area (Å²) >= 11 is 0. The summed E-state index contributed by atoms with van der Waals surface area (Å²) in [6.07, 6.45) is 1.47. The summed E-state index contributed by atoms with van der Waals surface area (Å²) in [6, 6.07) is 18.7. The standard InChI is InChI=1S/C19H18N2O3/c1-23-17-6-3-2-5-14(17)13-20-15-8-10-16(11-9-15)21-19(22)18-7-4-12-24-18/h2-12,20H,13H2,1H3,(H,21,22). The fourth-order valence-corrected chi connectivity index (χ4v) is 2.32. The van der Waals surface area contributed by atoms with Crippen molar-refractivity contribution < 1.29 is 13.9 Å². The minimum atomic E-state index is -0.269. The first-order valence-electron chi connectivity index (χ1n) is 7.57. The van der Waals surface area contributed by atoms with Crippen LogP contribution < -0.4 is 15.4 Å². The molecule has 0 bridgehead atoms. The van der Waals surface area contributed by atoms with Gasteiger partial charge in [-0.15, -0.1) is 0 Å². The van der Waals surface area contributed by atoms with Crippen LogP contribution in [0.4, 0.5) is 11.4 Å². The highest BCUT2D eigenvalue weighted by molar-refractivity contribution is 6.02. The van der Waals surface area contributed by atoms with E-state index in [1.165, 1.54) is 6.26 Å². The normalized spacial score (nSPS) is 10.2. The zero-order valence-corrected chi connectivity index (χ0v) is 13.3. The van der Waals surface area contributed by atoms with E-state index in [0.29, 0.717) is 12.2 Å². The van der Waals surface area contributed by atoms with Gasteiger partial charge < -0.3 is 19.8 Å². The molecule has 5 heteroatoms. The Morgan fingerprint density at radius 2 is 1.75 bits per heavy atom. The van der Waals surface area contributed by atoms with Crippen LogP contribution in [0, 0.1) is 0 Å². The lowest BCUT2D eigenvalue weighted by Gasteiger charge is -2.11. The van der Waals surface area contributed by atoms with Gasteiger partial charge in [0.2, 0.25) is 0 Å². The van der Waals surface area contributed by atoms with E-state index < -0.39 is 0 Å². The average molecular weight is 322 g/mol. The average Bonchev–Trinajstić information content (AvgIpc) is 3.16. The Hall–Kier alpha value is -3.21. The van der Waals surface area contributed by atoms with Gasteiger partial charge in [0.05, 0.1) is 13.4 Å². The molecule has 0 aliphatic rings. The van der Waals surface area contributed by atoms with Crippen molar-refractivity contribution in [3.8, 4) is 5.75 Å². The van der Waals surface area contributed by atoms with E-state index in [4.69, 9.17) is 9.15 Å². The predicted molar refractivity (Wildman–Crippen MR) is 93.4 cm³/mol. The molecule has 1 aromatic heterocycles. The van der Waals surface area contributed by atoms with Crippen LogP contribution in [0.5, 0.6) is 5.75 Å². The number of carbonyl (C=O) groups is 1. The zero-order valence-electron chi connectivity index (χ0n) is 13.3. The smallest absolute Gasteiger partial charge is 0.291 e. The minimum Gasteiger partial charge on any atom is -0.496 e. The maximum atomic E-state index is 11.9. The highest BCUT2D eigenvalue weighted by Gasteiger charge is 2.08. The predicted octanol–water partition coefficient (Wildman–Crippen LogP) is 4.15. The molecule has 0 atom stereocenters. The van der Waals surface area contributed by atoms with Crippen molar-refractivity contribution in [3.05, 3.63) is 78.3 Å². The van der Waals surface area contributed by atoms with Gasteiger partial charge >= 0.3 is 0 Å². The van der Waals surface area contributed by atoms with Crippen molar-refractivity contribution in [2.24, 2.45) is 0 Å². The van der Waals surface area contributed by atoms with Crippen molar-refractivity contribution in [1.29, 1.82) is 0 Å². The van der Waals surface area contributed by atoms with Gasteiger partial charge in [0.15, 0.2) is 5.76 Å². The Kier molecular flexibility index (Phi) is 4.81. The van der Waals surface area contributed by atoms with Crippen molar-refractivity contribution in [3.63, 3.8) is 0 Å². The molecule has 122 valence electrons. The third-order valence-corrected chi connectivity index (χ3v) is 3.56. The molecule has 0 saturated carbocycles. The fraction of sp³-hybridized carbons (Fsp3) is 0.105. The van der Waals surface area contributed by atoms with E-state index in [1.54, 1.807) is 19.2 Å². The first kappa shape index (κ1) is 15.7. The number of carbonyl (C=O) groups excluding carboxylic acids is 1. The molecule has 1 amide bonds. The molecule has 0 aliphatic heterocycles. The van der Waals surface area contributed by atoms with Gasteiger partial charge in [0, 0.05) is 23.5 Å². The Morgan fingerprint density at radius 3 is 2.46 bits per heavy atom. The number of nitrogens with one attached hydrogen (secondary N) is 2. The van der Waals surface area contributed by atoms with Crippen LogP contribution in [0.2, 0.25) is 0 Å². The number of amides is 1. The van der Waals surface area contributed by atoms with Crippen LogP contribution >= 0.6 is 0 Å². The summed E-state index contributed by atoms with van der Waals surface area (Å²) in [5, 5.41) is 6.12. The molecule has 0 spiro atoms. The molecule has 3 rings (SSSR count). The number of para-hydroxylation sites is 1. The molecule has 0 unspecified atom stereocenters. The molecule has 24 heavy (non-hydrogen) atoms. The zero-order chi connectivity index (χ0) is 16.8. The van der Waals surface area contributed by atoms with Gasteiger partial charge in [-0.1, -0.05) is 18.2 Å². The molecule has 0 fully saturated rings. The molecule has 0 aliphatic carbocycles.